The van der Waals surface area contributed by atoms with Crippen LogP contribution < -0.4 is 4.74 Å². The van der Waals surface area contributed by atoms with Gasteiger partial charge in [0, 0.05) is 12.3 Å². The Bertz CT molecular complexity index is 344. The monoisotopic (exact) mass is 220 g/mol. The Morgan fingerprint density at radius 3 is 2.56 bits per heavy atom. The summed E-state index contributed by atoms with van der Waals surface area (Å²) >= 11 is 0. The first-order chi connectivity index (χ1) is 7.72. The molecule has 1 aromatic rings. The molecule has 0 aliphatic rings. The van der Waals surface area contributed by atoms with Crippen molar-refractivity contribution in [3.8, 4) is 5.75 Å². The molecular weight excluding hydrogens is 200 g/mol. The van der Waals surface area contributed by atoms with Crippen LogP contribution in [-0.4, -0.2) is 12.9 Å². The van der Waals surface area contributed by atoms with E-state index in [4.69, 9.17) is 4.74 Å². The predicted molar refractivity (Wildman–Crippen MR) is 65.8 cm³/mol. The zero-order chi connectivity index (χ0) is 12.0. The molecule has 88 valence electrons. The standard InChI is InChI=1S/C14H20O2/c1-4-11(13(15)5-2)10-12-8-6-7-9-14(12)16-3/h6-9,11H,4-5,10H2,1-3H3. The fourth-order valence-electron chi connectivity index (χ4n) is 1.91. The van der Waals surface area contributed by atoms with Crippen molar-refractivity contribution in [1.82, 2.24) is 0 Å². The van der Waals surface area contributed by atoms with E-state index in [1.54, 1.807) is 7.11 Å². The molecule has 0 fully saturated rings. The third kappa shape index (κ3) is 3.09. The fraction of sp³-hybridized carbons (Fsp3) is 0.500. The Morgan fingerprint density at radius 1 is 1.31 bits per heavy atom. The smallest absolute Gasteiger partial charge is 0.136 e. The van der Waals surface area contributed by atoms with Crippen molar-refractivity contribution < 1.29 is 9.53 Å². The summed E-state index contributed by atoms with van der Waals surface area (Å²) in [5.74, 6) is 1.35. The van der Waals surface area contributed by atoms with E-state index in [9.17, 15) is 4.79 Å². The Balaban J connectivity index is 2.81. The van der Waals surface area contributed by atoms with E-state index in [0.29, 0.717) is 12.2 Å². The minimum Gasteiger partial charge on any atom is -0.496 e. The molecule has 0 aliphatic carbocycles. The molecule has 0 aliphatic heterocycles. The van der Waals surface area contributed by atoms with Gasteiger partial charge in [0.1, 0.15) is 11.5 Å². The zero-order valence-electron chi connectivity index (χ0n) is 10.3. The van der Waals surface area contributed by atoms with Gasteiger partial charge in [0.2, 0.25) is 0 Å². The lowest BCUT2D eigenvalue weighted by molar-refractivity contribution is -0.122. The summed E-state index contributed by atoms with van der Waals surface area (Å²) in [6.45, 7) is 3.99. The highest BCUT2D eigenvalue weighted by atomic mass is 16.5. The van der Waals surface area contributed by atoms with Gasteiger partial charge < -0.3 is 4.74 Å². The molecule has 0 bridgehead atoms. The number of hydrogen-bond donors (Lipinski definition) is 0. The van der Waals surface area contributed by atoms with E-state index in [1.165, 1.54) is 0 Å². The molecule has 0 aromatic heterocycles. The first-order valence-corrected chi connectivity index (χ1v) is 5.87. The van der Waals surface area contributed by atoms with Crippen LogP contribution in [0.15, 0.2) is 24.3 Å². The molecule has 1 atom stereocenters. The van der Waals surface area contributed by atoms with Crippen LogP contribution in [0.2, 0.25) is 0 Å². The molecule has 0 heterocycles. The number of para-hydroxylation sites is 1. The molecule has 2 heteroatoms. The largest absolute Gasteiger partial charge is 0.496 e. The minimum atomic E-state index is 0.126. The summed E-state index contributed by atoms with van der Waals surface area (Å²) in [5, 5.41) is 0. The van der Waals surface area contributed by atoms with Crippen LogP contribution in [0.25, 0.3) is 0 Å². The van der Waals surface area contributed by atoms with Crippen molar-refractivity contribution in [2.24, 2.45) is 5.92 Å². The van der Waals surface area contributed by atoms with E-state index in [1.807, 2.05) is 31.2 Å². The van der Waals surface area contributed by atoms with Crippen molar-refractivity contribution in [2.75, 3.05) is 7.11 Å². The Labute approximate surface area is 97.6 Å². The zero-order valence-corrected chi connectivity index (χ0v) is 10.3. The van der Waals surface area contributed by atoms with Crippen molar-refractivity contribution in [3.63, 3.8) is 0 Å². The molecule has 16 heavy (non-hydrogen) atoms. The van der Waals surface area contributed by atoms with Gasteiger partial charge in [-0.15, -0.1) is 0 Å². The highest BCUT2D eigenvalue weighted by Gasteiger charge is 2.16. The lowest BCUT2D eigenvalue weighted by Gasteiger charge is -2.14. The van der Waals surface area contributed by atoms with Crippen molar-refractivity contribution in [2.45, 2.75) is 33.1 Å². The second-order valence-corrected chi connectivity index (χ2v) is 3.94. The van der Waals surface area contributed by atoms with E-state index in [2.05, 4.69) is 6.92 Å². The molecular formula is C14H20O2. The maximum absolute atomic E-state index is 11.7. The van der Waals surface area contributed by atoms with Crippen LogP contribution >= 0.6 is 0 Å². The summed E-state index contributed by atoms with van der Waals surface area (Å²) in [6.07, 6.45) is 2.30. The molecule has 1 unspecified atom stereocenters. The van der Waals surface area contributed by atoms with E-state index in [-0.39, 0.29) is 5.92 Å². The quantitative estimate of drug-likeness (QED) is 0.735. The summed E-state index contributed by atoms with van der Waals surface area (Å²) in [6, 6.07) is 7.91. The van der Waals surface area contributed by atoms with Crippen LogP contribution in [0, 0.1) is 5.92 Å². The number of rotatable bonds is 6. The van der Waals surface area contributed by atoms with Gasteiger partial charge in [-0.25, -0.2) is 0 Å². The number of carbonyl (C=O) groups is 1. The molecule has 0 amide bonds. The summed E-state index contributed by atoms with van der Waals surface area (Å²) < 4.78 is 5.29. The third-order valence-corrected chi connectivity index (χ3v) is 2.96. The molecule has 0 radical (unpaired) electrons. The highest BCUT2D eigenvalue weighted by molar-refractivity contribution is 5.81. The van der Waals surface area contributed by atoms with Crippen molar-refractivity contribution in [1.29, 1.82) is 0 Å². The number of ether oxygens (including phenoxy) is 1. The highest BCUT2D eigenvalue weighted by Crippen LogP contribution is 2.23. The second kappa shape index (κ2) is 6.31. The summed E-state index contributed by atoms with van der Waals surface area (Å²) in [4.78, 5) is 11.7. The SMILES string of the molecule is CCC(=O)C(CC)Cc1ccccc1OC. The average molecular weight is 220 g/mol. The van der Waals surface area contributed by atoms with Crippen molar-refractivity contribution in [3.05, 3.63) is 29.8 Å². The van der Waals surface area contributed by atoms with Gasteiger partial charge in [-0.05, 0) is 24.5 Å². The molecule has 0 saturated carbocycles. The van der Waals surface area contributed by atoms with Gasteiger partial charge in [0.05, 0.1) is 7.11 Å². The maximum Gasteiger partial charge on any atom is 0.136 e. The van der Waals surface area contributed by atoms with Gasteiger partial charge in [-0.2, -0.15) is 0 Å². The Kier molecular flexibility index (Phi) is 5.03. The molecule has 2 nitrogen and oxygen atoms in total. The Hall–Kier alpha value is -1.31. The average Bonchev–Trinajstić information content (AvgIpc) is 2.35. The lowest BCUT2D eigenvalue weighted by Crippen LogP contribution is -2.15. The van der Waals surface area contributed by atoms with Gasteiger partial charge in [0.25, 0.3) is 0 Å². The fourth-order valence-corrected chi connectivity index (χ4v) is 1.91. The van der Waals surface area contributed by atoms with Gasteiger partial charge in [-0.1, -0.05) is 32.0 Å². The van der Waals surface area contributed by atoms with Crippen LogP contribution in [0.5, 0.6) is 5.75 Å². The van der Waals surface area contributed by atoms with Crippen LogP contribution in [-0.2, 0) is 11.2 Å². The predicted octanol–water partition coefficient (Wildman–Crippen LogP) is 3.24. The molecule has 0 saturated heterocycles. The third-order valence-electron chi connectivity index (χ3n) is 2.96. The van der Waals surface area contributed by atoms with E-state index in [0.717, 1.165) is 24.2 Å². The molecule has 1 rings (SSSR count). The van der Waals surface area contributed by atoms with E-state index >= 15 is 0 Å². The van der Waals surface area contributed by atoms with Crippen molar-refractivity contribution >= 4 is 5.78 Å². The van der Waals surface area contributed by atoms with Gasteiger partial charge in [-0.3, -0.25) is 4.79 Å². The topological polar surface area (TPSA) is 26.3 Å². The van der Waals surface area contributed by atoms with E-state index < -0.39 is 0 Å². The number of methoxy groups -OCH3 is 1. The second-order valence-electron chi connectivity index (χ2n) is 3.94. The van der Waals surface area contributed by atoms with Crippen LogP contribution in [0.4, 0.5) is 0 Å². The number of Topliss-reactive ketones (excluding diaryl/α,β-unsaturated/α-hetero) is 1. The number of benzene rings is 1. The normalized spacial score (nSPS) is 12.2. The van der Waals surface area contributed by atoms with Gasteiger partial charge in [0.15, 0.2) is 0 Å². The number of ketones is 1. The van der Waals surface area contributed by atoms with Gasteiger partial charge >= 0.3 is 0 Å². The maximum atomic E-state index is 11.7. The summed E-state index contributed by atoms with van der Waals surface area (Å²) in [7, 11) is 1.67. The minimum absolute atomic E-state index is 0.126. The number of hydrogen-bond acceptors (Lipinski definition) is 2. The molecule has 1 aromatic carbocycles. The Morgan fingerprint density at radius 2 is 2.00 bits per heavy atom. The first-order valence-electron chi connectivity index (χ1n) is 5.87. The lowest BCUT2D eigenvalue weighted by atomic mass is 9.91. The summed E-state index contributed by atoms with van der Waals surface area (Å²) in [5.41, 5.74) is 1.12. The number of carbonyl (C=O) groups excluding carboxylic acids is 1. The van der Waals surface area contributed by atoms with Crippen LogP contribution in [0.3, 0.4) is 0 Å². The molecule has 0 spiro atoms. The first kappa shape index (κ1) is 12.8. The molecule has 0 N–H and O–H groups in total. The van der Waals surface area contributed by atoms with Crippen LogP contribution in [0.1, 0.15) is 32.3 Å².